The van der Waals surface area contributed by atoms with Crippen LogP contribution >= 0.6 is 0 Å². The van der Waals surface area contributed by atoms with E-state index in [2.05, 4.69) is 15.3 Å². The molecule has 0 saturated carbocycles. The maximum Gasteiger partial charge on any atom is 0.255 e. The second-order valence-electron chi connectivity index (χ2n) is 8.06. The molecule has 33 heavy (non-hydrogen) atoms. The Kier molecular flexibility index (Phi) is 6.01. The van der Waals surface area contributed by atoms with Gasteiger partial charge >= 0.3 is 0 Å². The first-order chi connectivity index (χ1) is 16.3. The molecule has 0 bridgehead atoms. The van der Waals surface area contributed by atoms with E-state index in [4.69, 9.17) is 9.97 Å². The summed E-state index contributed by atoms with van der Waals surface area (Å²) in [5.74, 6) is 1.53. The summed E-state index contributed by atoms with van der Waals surface area (Å²) in [7, 11) is 0. The van der Waals surface area contributed by atoms with Crippen molar-refractivity contribution >= 4 is 17.4 Å². The number of rotatable bonds is 5. The number of benzene rings is 1. The zero-order chi connectivity index (χ0) is 22.5. The molecule has 0 spiro atoms. The van der Waals surface area contributed by atoms with Gasteiger partial charge in [0.15, 0.2) is 0 Å². The van der Waals surface area contributed by atoms with Gasteiger partial charge in [0.1, 0.15) is 11.6 Å². The molecular weight excluding hydrogens is 412 g/mol. The van der Waals surface area contributed by atoms with Crippen molar-refractivity contribution in [2.75, 3.05) is 18.4 Å². The van der Waals surface area contributed by atoms with Crippen molar-refractivity contribution in [3.63, 3.8) is 0 Å². The van der Waals surface area contributed by atoms with Crippen molar-refractivity contribution in [3.05, 3.63) is 96.8 Å². The van der Waals surface area contributed by atoms with Gasteiger partial charge in [-0.3, -0.25) is 14.8 Å². The first-order valence-corrected chi connectivity index (χ1v) is 11.1. The first kappa shape index (κ1) is 20.8. The number of para-hydroxylation sites is 1. The molecule has 164 valence electrons. The van der Waals surface area contributed by atoms with E-state index in [-0.39, 0.29) is 11.8 Å². The third-order valence-corrected chi connectivity index (χ3v) is 5.75. The van der Waals surface area contributed by atoms with Crippen molar-refractivity contribution < 1.29 is 4.79 Å². The Hall–Kier alpha value is -4.13. The maximum absolute atomic E-state index is 13.0. The van der Waals surface area contributed by atoms with E-state index in [9.17, 15) is 4.79 Å². The van der Waals surface area contributed by atoms with E-state index in [1.165, 1.54) is 0 Å². The molecule has 5 rings (SSSR count). The second-order valence-corrected chi connectivity index (χ2v) is 8.06. The van der Waals surface area contributed by atoms with Crippen LogP contribution in [0.3, 0.4) is 0 Å². The summed E-state index contributed by atoms with van der Waals surface area (Å²) in [5.41, 5.74) is 3.37. The van der Waals surface area contributed by atoms with Gasteiger partial charge in [-0.2, -0.15) is 0 Å². The van der Waals surface area contributed by atoms with Crippen LogP contribution in [0.25, 0.3) is 11.3 Å². The monoisotopic (exact) mass is 436 g/mol. The molecule has 1 N–H and O–H groups in total. The van der Waals surface area contributed by atoms with E-state index < -0.39 is 0 Å². The number of nitrogens with zero attached hydrogens (tertiary/aromatic N) is 5. The van der Waals surface area contributed by atoms with Crippen molar-refractivity contribution in [2.24, 2.45) is 0 Å². The molecule has 7 heteroatoms. The third-order valence-electron chi connectivity index (χ3n) is 5.75. The molecular formula is C26H24N6O. The number of nitrogens with one attached hydrogen (secondary N) is 1. The van der Waals surface area contributed by atoms with Crippen LogP contribution in [0.2, 0.25) is 0 Å². The van der Waals surface area contributed by atoms with Crippen molar-refractivity contribution in [1.29, 1.82) is 0 Å². The van der Waals surface area contributed by atoms with Crippen LogP contribution in [-0.4, -0.2) is 43.8 Å². The molecule has 1 fully saturated rings. The summed E-state index contributed by atoms with van der Waals surface area (Å²) < 4.78 is 0. The van der Waals surface area contributed by atoms with Crippen LogP contribution in [0.1, 0.15) is 34.9 Å². The number of carbonyl (C=O) groups is 1. The molecule has 3 aromatic heterocycles. The van der Waals surface area contributed by atoms with E-state index in [0.717, 1.165) is 48.0 Å². The van der Waals surface area contributed by atoms with E-state index >= 15 is 0 Å². The highest BCUT2D eigenvalue weighted by molar-refractivity contribution is 5.94. The van der Waals surface area contributed by atoms with Crippen molar-refractivity contribution in [1.82, 2.24) is 24.8 Å². The van der Waals surface area contributed by atoms with Crippen LogP contribution < -0.4 is 5.32 Å². The SMILES string of the molecule is O=C(c1cccnc1)N1CCC[C@H](c2nc(Nc3ccccc3)cc(-c3ccncc3)n2)C1. The molecule has 7 nitrogen and oxygen atoms in total. The molecule has 0 unspecified atom stereocenters. The summed E-state index contributed by atoms with van der Waals surface area (Å²) in [5, 5.41) is 3.40. The van der Waals surface area contributed by atoms with Gasteiger partial charge in [0.05, 0.1) is 11.3 Å². The highest BCUT2D eigenvalue weighted by Gasteiger charge is 2.28. The van der Waals surface area contributed by atoms with Gasteiger partial charge in [-0.25, -0.2) is 9.97 Å². The minimum atomic E-state index is 0.000669. The number of likely N-dealkylation sites (tertiary alicyclic amines) is 1. The number of piperidine rings is 1. The van der Waals surface area contributed by atoms with Crippen molar-refractivity contribution in [2.45, 2.75) is 18.8 Å². The summed E-state index contributed by atoms with van der Waals surface area (Å²) in [4.78, 5) is 32.9. The van der Waals surface area contributed by atoms with Gasteiger partial charge in [-0.1, -0.05) is 18.2 Å². The number of anilines is 2. The van der Waals surface area contributed by atoms with Crippen LogP contribution in [0, 0.1) is 0 Å². The van der Waals surface area contributed by atoms with Gasteiger partial charge in [0.25, 0.3) is 5.91 Å². The molecule has 0 aliphatic carbocycles. The largest absolute Gasteiger partial charge is 0.340 e. The topological polar surface area (TPSA) is 83.9 Å². The van der Waals surface area contributed by atoms with Crippen LogP contribution in [0.4, 0.5) is 11.5 Å². The highest BCUT2D eigenvalue weighted by atomic mass is 16.2. The quantitative estimate of drug-likeness (QED) is 0.488. The third kappa shape index (κ3) is 4.87. The number of hydrogen-bond acceptors (Lipinski definition) is 6. The van der Waals surface area contributed by atoms with E-state index in [1.54, 1.807) is 36.9 Å². The van der Waals surface area contributed by atoms with Crippen LogP contribution in [0.15, 0.2) is 85.5 Å². The Morgan fingerprint density at radius 2 is 1.79 bits per heavy atom. The molecule has 4 heterocycles. The van der Waals surface area contributed by atoms with Crippen molar-refractivity contribution in [3.8, 4) is 11.3 Å². The second kappa shape index (κ2) is 9.56. The van der Waals surface area contributed by atoms with Gasteiger partial charge in [-0.05, 0) is 49.2 Å². The Balaban J connectivity index is 1.46. The molecule has 1 amide bonds. The minimum Gasteiger partial charge on any atom is -0.340 e. The molecule has 1 atom stereocenters. The number of aromatic nitrogens is 4. The van der Waals surface area contributed by atoms with Gasteiger partial charge in [-0.15, -0.1) is 0 Å². The normalized spacial score (nSPS) is 15.8. The number of hydrogen-bond donors (Lipinski definition) is 1. The predicted molar refractivity (Wildman–Crippen MR) is 127 cm³/mol. The van der Waals surface area contributed by atoms with Gasteiger partial charge in [0.2, 0.25) is 0 Å². The molecule has 4 aromatic rings. The molecule has 1 aromatic carbocycles. The Labute approximate surface area is 192 Å². The number of carbonyl (C=O) groups excluding carboxylic acids is 1. The lowest BCUT2D eigenvalue weighted by Crippen LogP contribution is -2.39. The maximum atomic E-state index is 13.0. The van der Waals surface area contributed by atoms with Gasteiger partial charge < -0.3 is 10.2 Å². The average Bonchev–Trinajstić information content (AvgIpc) is 2.90. The lowest BCUT2D eigenvalue weighted by molar-refractivity contribution is 0.0704. The summed E-state index contributed by atoms with van der Waals surface area (Å²) in [6.45, 7) is 1.31. The average molecular weight is 437 g/mol. The zero-order valence-corrected chi connectivity index (χ0v) is 18.1. The number of pyridine rings is 2. The fourth-order valence-electron chi connectivity index (χ4n) is 4.10. The van der Waals surface area contributed by atoms with E-state index in [0.29, 0.717) is 12.1 Å². The lowest BCUT2D eigenvalue weighted by Gasteiger charge is -2.32. The Bertz CT molecular complexity index is 1220. The lowest BCUT2D eigenvalue weighted by atomic mass is 9.96. The zero-order valence-electron chi connectivity index (χ0n) is 18.1. The summed E-state index contributed by atoms with van der Waals surface area (Å²) in [6, 6.07) is 19.4. The standard InChI is InChI=1S/C26H24N6O/c33-26(20-6-4-12-28-17-20)32-15-5-7-21(18-32)25-30-23(19-10-13-27-14-11-19)16-24(31-25)29-22-8-2-1-3-9-22/h1-4,6,8-14,16-17,21H,5,7,15,18H2,(H,29,30,31)/t21-/m0/s1. The molecule has 1 aliphatic rings. The minimum absolute atomic E-state index is 0.000669. The molecule has 1 saturated heterocycles. The highest BCUT2D eigenvalue weighted by Crippen LogP contribution is 2.29. The molecule has 1 aliphatic heterocycles. The number of amides is 1. The van der Waals surface area contributed by atoms with Crippen LogP contribution in [0.5, 0.6) is 0 Å². The summed E-state index contributed by atoms with van der Waals surface area (Å²) in [6.07, 6.45) is 8.65. The first-order valence-electron chi connectivity index (χ1n) is 11.1. The van der Waals surface area contributed by atoms with Gasteiger partial charge in [0, 0.05) is 61.1 Å². The smallest absolute Gasteiger partial charge is 0.255 e. The van der Waals surface area contributed by atoms with Crippen LogP contribution in [-0.2, 0) is 0 Å². The predicted octanol–water partition coefficient (Wildman–Crippen LogP) is 4.70. The Morgan fingerprint density at radius 1 is 0.939 bits per heavy atom. The fourth-order valence-corrected chi connectivity index (χ4v) is 4.10. The fraction of sp³-hybridized carbons (Fsp3) is 0.192. The Morgan fingerprint density at radius 3 is 2.58 bits per heavy atom. The summed E-state index contributed by atoms with van der Waals surface area (Å²) >= 11 is 0. The van der Waals surface area contributed by atoms with E-state index in [1.807, 2.05) is 53.4 Å². The molecule has 0 radical (unpaired) electrons.